The van der Waals surface area contributed by atoms with Crippen LogP contribution in [0.3, 0.4) is 0 Å². The number of para-hydroxylation sites is 1. The van der Waals surface area contributed by atoms with Gasteiger partial charge in [-0.15, -0.1) is 0 Å². The molecule has 1 heterocycles. The van der Waals surface area contributed by atoms with Crippen LogP contribution in [0.5, 0.6) is 0 Å². The first-order chi connectivity index (χ1) is 6.81. The van der Waals surface area contributed by atoms with Crippen molar-refractivity contribution in [1.29, 1.82) is 0 Å². The van der Waals surface area contributed by atoms with Crippen LogP contribution in [0.15, 0.2) is 35.1 Å². The SMILES string of the molecule is C[NH2+]Cc1cc2ccccc2[nH]c1=O. The predicted octanol–water partition coefficient (Wildman–Crippen LogP) is 0.221. The molecule has 0 bridgehead atoms. The summed E-state index contributed by atoms with van der Waals surface area (Å²) >= 11 is 0. The summed E-state index contributed by atoms with van der Waals surface area (Å²) in [5.41, 5.74) is 1.74. The second-order valence-electron chi connectivity index (χ2n) is 3.32. The Bertz CT molecular complexity index is 502. The van der Waals surface area contributed by atoms with Gasteiger partial charge in [0.05, 0.1) is 12.6 Å². The molecule has 0 aliphatic rings. The van der Waals surface area contributed by atoms with Crippen LogP contribution in [0.4, 0.5) is 0 Å². The third kappa shape index (κ3) is 1.54. The highest BCUT2D eigenvalue weighted by molar-refractivity contribution is 5.78. The summed E-state index contributed by atoms with van der Waals surface area (Å²) in [6.45, 7) is 0.722. The minimum Gasteiger partial charge on any atom is -0.345 e. The topological polar surface area (TPSA) is 49.5 Å². The summed E-state index contributed by atoms with van der Waals surface area (Å²) in [6, 6.07) is 9.76. The Hall–Kier alpha value is -1.61. The molecule has 0 saturated carbocycles. The van der Waals surface area contributed by atoms with Gasteiger partial charge in [-0.25, -0.2) is 0 Å². The lowest BCUT2D eigenvalue weighted by Crippen LogP contribution is -2.78. The van der Waals surface area contributed by atoms with Crippen LogP contribution in [-0.2, 0) is 6.54 Å². The molecule has 0 fully saturated rings. The van der Waals surface area contributed by atoms with Crippen LogP contribution in [0.1, 0.15) is 5.56 Å². The quantitative estimate of drug-likeness (QED) is 0.697. The zero-order valence-electron chi connectivity index (χ0n) is 8.08. The minimum absolute atomic E-state index is 0.0156. The van der Waals surface area contributed by atoms with Gasteiger partial charge in [0.2, 0.25) is 0 Å². The number of benzene rings is 1. The van der Waals surface area contributed by atoms with Crippen molar-refractivity contribution < 1.29 is 5.32 Å². The Morgan fingerprint density at radius 2 is 2.14 bits per heavy atom. The number of H-pyrrole nitrogens is 1. The molecule has 14 heavy (non-hydrogen) atoms. The van der Waals surface area contributed by atoms with E-state index in [0.717, 1.165) is 23.0 Å². The largest absolute Gasteiger partial charge is 0.345 e. The fraction of sp³-hybridized carbons (Fsp3) is 0.182. The zero-order chi connectivity index (χ0) is 9.97. The molecule has 0 spiro atoms. The maximum Gasteiger partial charge on any atom is 0.257 e. The lowest BCUT2D eigenvalue weighted by Gasteiger charge is -2.00. The van der Waals surface area contributed by atoms with Crippen molar-refractivity contribution in [3.8, 4) is 0 Å². The third-order valence-corrected chi connectivity index (χ3v) is 2.25. The number of pyridine rings is 1. The van der Waals surface area contributed by atoms with Gasteiger partial charge < -0.3 is 10.3 Å². The molecular weight excluding hydrogens is 176 g/mol. The normalized spacial score (nSPS) is 10.6. The lowest BCUT2D eigenvalue weighted by molar-refractivity contribution is -0.643. The first-order valence-corrected chi connectivity index (χ1v) is 4.70. The number of nitrogens with two attached hydrogens (primary N) is 1. The summed E-state index contributed by atoms with van der Waals surface area (Å²) in [5, 5.41) is 3.07. The molecule has 2 aromatic rings. The van der Waals surface area contributed by atoms with Crippen molar-refractivity contribution in [3.05, 3.63) is 46.2 Å². The Morgan fingerprint density at radius 3 is 2.93 bits per heavy atom. The van der Waals surface area contributed by atoms with E-state index in [9.17, 15) is 4.79 Å². The molecule has 1 aromatic carbocycles. The van der Waals surface area contributed by atoms with E-state index < -0.39 is 0 Å². The van der Waals surface area contributed by atoms with Gasteiger partial charge in [0, 0.05) is 5.52 Å². The van der Waals surface area contributed by atoms with E-state index in [0.29, 0.717) is 0 Å². The standard InChI is InChI=1S/C11H12N2O/c1-12-7-9-6-8-4-2-3-5-10(8)13-11(9)14/h2-6,12H,7H2,1H3,(H,13,14)/p+1. The molecule has 0 unspecified atom stereocenters. The maximum absolute atomic E-state index is 11.5. The molecule has 0 aliphatic heterocycles. The number of aromatic amines is 1. The van der Waals surface area contributed by atoms with Crippen LogP contribution in [0, 0.1) is 0 Å². The van der Waals surface area contributed by atoms with Gasteiger partial charge in [-0.05, 0) is 17.5 Å². The highest BCUT2D eigenvalue weighted by atomic mass is 16.1. The fourth-order valence-electron chi connectivity index (χ4n) is 1.56. The van der Waals surface area contributed by atoms with Gasteiger partial charge >= 0.3 is 0 Å². The molecule has 2 rings (SSSR count). The van der Waals surface area contributed by atoms with E-state index in [4.69, 9.17) is 0 Å². The number of hydrogen-bond acceptors (Lipinski definition) is 1. The Labute approximate surface area is 81.8 Å². The van der Waals surface area contributed by atoms with Gasteiger partial charge in [-0.2, -0.15) is 0 Å². The van der Waals surface area contributed by atoms with E-state index >= 15 is 0 Å². The average Bonchev–Trinajstić information content (AvgIpc) is 2.19. The first-order valence-electron chi connectivity index (χ1n) is 4.70. The Balaban J connectivity index is 2.65. The number of quaternary nitrogens is 1. The molecule has 0 atom stereocenters. The third-order valence-electron chi connectivity index (χ3n) is 2.25. The van der Waals surface area contributed by atoms with Crippen LogP contribution < -0.4 is 10.9 Å². The number of aromatic nitrogens is 1. The van der Waals surface area contributed by atoms with Crippen LogP contribution in [0.25, 0.3) is 10.9 Å². The molecule has 3 N–H and O–H groups in total. The molecule has 3 nitrogen and oxygen atoms in total. The minimum atomic E-state index is 0.0156. The molecular formula is C11H13N2O+. The molecule has 0 saturated heterocycles. The van der Waals surface area contributed by atoms with Gasteiger partial charge in [-0.3, -0.25) is 4.79 Å². The van der Waals surface area contributed by atoms with Crippen LogP contribution in [0.2, 0.25) is 0 Å². The second-order valence-corrected chi connectivity index (χ2v) is 3.32. The van der Waals surface area contributed by atoms with Crippen molar-refractivity contribution in [1.82, 2.24) is 4.98 Å². The highest BCUT2D eigenvalue weighted by Crippen LogP contribution is 2.09. The number of rotatable bonds is 2. The van der Waals surface area contributed by atoms with Gasteiger partial charge in [0.15, 0.2) is 0 Å². The summed E-state index contributed by atoms with van der Waals surface area (Å²) in [5.74, 6) is 0. The van der Waals surface area contributed by atoms with Crippen LogP contribution in [-0.4, -0.2) is 12.0 Å². The number of nitrogens with one attached hydrogen (secondary N) is 1. The Morgan fingerprint density at radius 1 is 1.36 bits per heavy atom. The van der Waals surface area contributed by atoms with E-state index in [2.05, 4.69) is 4.98 Å². The summed E-state index contributed by atoms with van der Waals surface area (Å²) < 4.78 is 0. The second kappa shape index (κ2) is 3.64. The molecule has 72 valence electrons. The lowest BCUT2D eigenvalue weighted by atomic mass is 10.1. The zero-order valence-corrected chi connectivity index (χ0v) is 8.08. The van der Waals surface area contributed by atoms with Crippen molar-refractivity contribution >= 4 is 10.9 Å². The average molecular weight is 189 g/mol. The molecule has 0 aliphatic carbocycles. The van der Waals surface area contributed by atoms with Crippen molar-refractivity contribution in [2.75, 3.05) is 7.05 Å². The fourth-order valence-corrected chi connectivity index (χ4v) is 1.56. The van der Waals surface area contributed by atoms with E-state index in [1.54, 1.807) is 0 Å². The number of fused-ring (bicyclic) bond motifs is 1. The molecule has 3 heteroatoms. The monoisotopic (exact) mass is 189 g/mol. The predicted molar refractivity (Wildman–Crippen MR) is 56.1 cm³/mol. The van der Waals surface area contributed by atoms with Gasteiger partial charge in [-0.1, -0.05) is 18.2 Å². The molecule has 1 aromatic heterocycles. The number of hydrogen-bond donors (Lipinski definition) is 2. The van der Waals surface area contributed by atoms with Crippen LogP contribution >= 0.6 is 0 Å². The molecule has 0 amide bonds. The summed E-state index contributed by atoms with van der Waals surface area (Å²) in [7, 11) is 1.95. The first kappa shape index (κ1) is 8.97. The maximum atomic E-state index is 11.5. The van der Waals surface area contributed by atoms with E-state index in [1.165, 1.54) is 0 Å². The van der Waals surface area contributed by atoms with Crippen molar-refractivity contribution in [2.24, 2.45) is 0 Å². The van der Waals surface area contributed by atoms with Gasteiger partial charge in [0.25, 0.3) is 5.56 Å². The van der Waals surface area contributed by atoms with Gasteiger partial charge in [0.1, 0.15) is 6.54 Å². The van der Waals surface area contributed by atoms with E-state index in [1.807, 2.05) is 42.7 Å². The summed E-state index contributed by atoms with van der Waals surface area (Å²) in [4.78, 5) is 14.4. The molecule has 0 radical (unpaired) electrons. The van der Waals surface area contributed by atoms with E-state index in [-0.39, 0.29) is 5.56 Å². The Kier molecular flexibility index (Phi) is 2.33. The highest BCUT2D eigenvalue weighted by Gasteiger charge is 2.02. The van der Waals surface area contributed by atoms with Crippen molar-refractivity contribution in [3.63, 3.8) is 0 Å². The smallest absolute Gasteiger partial charge is 0.257 e. The van der Waals surface area contributed by atoms with Crippen molar-refractivity contribution in [2.45, 2.75) is 6.54 Å². The summed E-state index contributed by atoms with van der Waals surface area (Å²) in [6.07, 6.45) is 0.